The number of aromatic carboxylic acids is 1. The molecule has 0 aromatic heterocycles. The molecule has 1 aromatic carbocycles. The minimum absolute atomic E-state index is 0. The maximum Gasteiger partial charge on any atom is 1.00 e. The molecule has 0 saturated carbocycles. The summed E-state index contributed by atoms with van der Waals surface area (Å²) in [7, 11) is 1.39. The second-order valence-electron chi connectivity index (χ2n) is 2.92. The summed E-state index contributed by atoms with van der Waals surface area (Å²) in [6.45, 7) is -0.480. The molecular weight excluding hydrogens is 260 g/mol. The van der Waals surface area contributed by atoms with Crippen molar-refractivity contribution in [2.45, 2.75) is 0 Å². The van der Waals surface area contributed by atoms with Gasteiger partial charge in [-0.1, -0.05) is 0 Å². The number of methoxy groups -OCH3 is 1. The molecule has 0 unspecified atom stereocenters. The second kappa shape index (κ2) is 9.66. The van der Waals surface area contributed by atoms with E-state index in [1.807, 2.05) is 0 Å². The van der Waals surface area contributed by atoms with E-state index in [0.717, 1.165) is 0 Å². The topological polar surface area (TPSA) is 102 Å². The summed E-state index contributed by atoms with van der Waals surface area (Å²) in [6, 6.07) is 4.14. The fraction of sp³-hybridized carbons (Fsp3) is 0.200. The number of nitrogens with one attached hydrogen (secondary N) is 1. The first-order valence-corrected chi connectivity index (χ1v) is 4.37. The smallest absolute Gasteiger partial charge is 0.548 e. The molecule has 0 atom stereocenters. The van der Waals surface area contributed by atoms with E-state index in [1.54, 1.807) is 0 Å². The number of hydrogen-bond acceptors (Lipinski definition) is 6. The van der Waals surface area contributed by atoms with Crippen LogP contribution in [0.15, 0.2) is 18.2 Å². The predicted octanol–water partition coefficient (Wildman–Crippen LogP) is -7.77. The average molecular weight is 269 g/mol. The van der Waals surface area contributed by atoms with Crippen LogP contribution in [0.25, 0.3) is 0 Å². The third-order valence-corrected chi connectivity index (χ3v) is 1.87. The van der Waals surface area contributed by atoms with Gasteiger partial charge < -0.3 is 29.9 Å². The van der Waals surface area contributed by atoms with E-state index in [0.29, 0.717) is 5.75 Å². The Labute approximate surface area is 148 Å². The molecule has 0 aliphatic carbocycles. The Balaban J connectivity index is 0. The van der Waals surface area contributed by atoms with Crippen molar-refractivity contribution >= 4 is 17.6 Å². The molecule has 0 radical (unpaired) electrons. The van der Waals surface area contributed by atoms with Gasteiger partial charge in [-0.15, -0.1) is 0 Å². The van der Waals surface area contributed by atoms with Gasteiger partial charge in [0.1, 0.15) is 5.75 Å². The number of ether oxygens (including phenoxy) is 1. The van der Waals surface area contributed by atoms with Gasteiger partial charge in [0.15, 0.2) is 0 Å². The monoisotopic (exact) mass is 269 g/mol. The number of aliphatic carboxylic acids is 1. The second-order valence-corrected chi connectivity index (χ2v) is 2.92. The Kier molecular flexibility index (Phi) is 10.8. The van der Waals surface area contributed by atoms with Gasteiger partial charge in [-0.25, -0.2) is 0 Å². The zero-order chi connectivity index (χ0) is 12.1. The third kappa shape index (κ3) is 6.08. The number of hydrogen-bond donors (Lipinski definition) is 1. The first kappa shape index (κ1) is 20.1. The molecule has 0 amide bonds. The van der Waals surface area contributed by atoms with Crippen LogP contribution in [0.2, 0.25) is 0 Å². The minimum atomic E-state index is -1.42. The Morgan fingerprint density at radius 1 is 1.28 bits per heavy atom. The third-order valence-electron chi connectivity index (χ3n) is 1.87. The van der Waals surface area contributed by atoms with Crippen LogP contribution in [-0.2, 0) is 4.79 Å². The van der Waals surface area contributed by atoms with Crippen molar-refractivity contribution in [3.8, 4) is 5.75 Å². The van der Waals surface area contributed by atoms with Crippen LogP contribution in [0, 0.1) is 0 Å². The molecule has 18 heavy (non-hydrogen) atoms. The van der Waals surface area contributed by atoms with Gasteiger partial charge in [-0.2, -0.15) is 0 Å². The van der Waals surface area contributed by atoms with E-state index in [9.17, 15) is 19.8 Å². The summed E-state index contributed by atoms with van der Waals surface area (Å²) in [6.07, 6.45) is 0. The van der Waals surface area contributed by atoms with Crippen molar-refractivity contribution in [2.75, 3.05) is 19.0 Å². The molecule has 1 N–H and O–H groups in total. The van der Waals surface area contributed by atoms with Gasteiger partial charge in [0.05, 0.1) is 25.6 Å². The fourth-order valence-corrected chi connectivity index (χ4v) is 1.14. The number of anilines is 1. The summed E-state index contributed by atoms with van der Waals surface area (Å²) >= 11 is 0. The van der Waals surface area contributed by atoms with Crippen molar-refractivity contribution in [1.29, 1.82) is 0 Å². The number of carboxylic acids is 2. The van der Waals surface area contributed by atoms with Gasteiger partial charge >= 0.3 is 59.1 Å². The van der Waals surface area contributed by atoms with E-state index in [4.69, 9.17) is 4.74 Å². The van der Waals surface area contributed by atoms with Crippen LogP contribution >= 0.6 is 0 Å². The molecule has 86 valence electrons. The predicted molar refractivity (Wildman–Crippen MR) is 50.8 cm³/mol. The Hall–Kier alpha value is -0.240. The van der Waals surface area contributed by atoms with Gasteiger partial charge in [0.2, 0.25) is 0 Å². The number of rotatable bonds is 5. The molecule has 0 spiro atoms. The van der Waals surface area contributed by atoms with Crippen molar-refractivity contribution in [3.05, 3.63) is 23.8 Å². The van der Waals surface area contributed by atoms with Crippen LogP contribution in [-0.4, -0.2) is 25.6 Å². The molecule has 1 aromatic rings. The van der Waals surface area contributed by atoms with Crippen LogP contribution in [0.4, 0.5) is 5.69 Å². The van der Waals surface area contributed by atoms with E-state index in [1.165, 1.54) is 25.3 Å². The number of carbonyl (C=O) groups excluding carboxylic acids is 2. The summed E-state index contributed by atoms with van der Waals surface area (Å²) < 4.78 is 4.84. The SMILES string of the molecule is COc1ccc(NCC(=O)[O-])c(C(=O)[O-])c1.[Na+].[Na+]. The van der Waals surface area contributed by atoms with Crippen LogP contribution in [0.3, 0.4) is 0 Å². The maximum absolute atomic E-state index is 10.8. The van der Waals surface area contributed by atoms with Crippen molar-refractivity contribution in [3.63, 3.8) is 0 Å². The molecule has 0 aliphatic rings. The Morgan fingerprint density at radius 3 is 2.33 bits per heavy atom. The molecule has 0 fully saturated rings. The molecule has 0 heterocycles. The molecule has 0 saturated heterocycles. The van der Waals surface area contributed by atoms with E-state index < -0.39 is 18.5 Å². The number of carboxylic acid groups (broad SMARTS) is 2. The maximum atomic E-state index is 10.8. The zero-order valence-electron chi connectivity index (χ0n) is 10.5. The van der Waals surface area contributed by atoms with E-state index in [2.05, 4.69) is 5.32 Å². The van der Waals surface area contributed by atoms with E-state index >= 15 is 0 Å². The van der Waals surface area contributed by atoms with E-state index in [-0.39, 0.29) is 70.4 Å². The molecule has 1 rings (SSSR count). The van der Waals surface area contributed by atoms with Crippen LogP contribution in [0.1, 0.15) is 10.4 Å². The van der Waals surface area contributed by atoms with Crippen molar-refractivity contribution in [2.24, 2.45) is 0 Å². The molecule has 8 heteroatoms. The summed E-state index contributed by atoms with van der Waals surface area (Å²) in [4.78, 5) is 21.0. The number of carbonyl (C=O) groups is 2. The fourth-order valence-electron chi connectivity index (χ4n) is 1.14. The molecule has 0 bridgehead atoms. The zero-order valence-corrected chi connectivity index (χ0v) is 14.5. The van der Waals surface area contributed by atoms with Crippen LogP contribution in [0.5, 0.6) is 5.75 Å². The normalized spacial score (nSPS) is 8.50. The van der Waals surface area contributed by atoms with Gasteiger partial charge in [0, 0.05) is 11.3 Å². The summed E-state index contributed by atoms with van der Waals surface area (Å²) in [5, 5.41) is 23.4. The summed E-state index contributed by atoms with van der Waals surface area (Å²) in [5.41, 5.74) is -0.0226. The quantitative estimate of drug-likeness (QED) is 0.533. The Bertz CT molecular complexity index is 425. The van der Waals surface area contributed by atoms with Gasteiger partial charge in [-0.3, -0.25) is 0 Å². The minimum Gasteiger partial charge on any atom is -0.548 e. The van der Waals surface area contributed by atoms with Gasteiger partial charge in [0.25, 0.3) is 0 Å². The van der Waals surface area contributed by atoms with Crippen LogP contribution < -0.4 is 79.4 Å². The molecule has 6 nitrogen and oxygen atoms in total. The first-order chi connectivity index (χ1) is 7.54. The first-order valence-electron chi connectivity index (χ1n) is 4.37. The molecule has 0 aliphatic heterocycles. The van der Waals surface area contributed by atoms with Crippen molar-refractivity contribution in [1.82, 2.24) is 0 Å². The largest absolute Gasteiger partial charge is 1.00 e. The molecular formula is C10H9NNa2O5. The van der Waals surface area contributed by atoms with Crippen molar-refractivity contribution < 1.29 is 83.7 Å². The Morgan fingerprint density at radius 2 is 1.89 bits per heavy atom. The summed E-state index contributed by atoms with van der Waals surface area (Å²) in [5.74, 6) is -2.40. The number of benzene rings is 1. The average Bonchev–Trinajstić information content (AvgIpc) is 2.25. The standard InChI is InChI=1S/C10H11NO5.2Na/c1-16-6-2-3-8(11-5-9(12)13)7(4-6)10(14)15;;/h2-4,11H,5H2,1H3,(H,12,13)(H,14,15);;/q;2*+1/p-2. The van der Waals surface area contributed by atoms with Gasteiger partial charge in [-0.05, 0) is 18.2 Å².